The standard InChI is InChI=1S/C19H18N6OS/c1-24-8-7-14-15(10-24)27-19-17(14)18-22-16(23-25(18)12-20-19)11-26-21-9-13-5-3-2-4-6-13/h2-6,9,12H,7-8,10-11H2,1H3/b21-9+. The summed E-state index contributed by atoms with van der Waals surface area (Å²) in [7, 11) is 2.15. The van der Waals surface area contributed by atoms with Crippen LogP contribution < -0.4 is 0 Å². The zero-order valence-corrected chi connectivity index (χ0v) is 15.7. The van der Waals surface area contributed by atoms with Crippen LogP contribution in [0.5, 0.6) is 0 Å². The fourth-order valence-electron chi connectivity index (χ4n) is 3.36. The zero-order valence-electron chi connectivity index (χ0n) is 14.9. The Morgan fingerprint density at radius 1 is 1.30 bits per heavy atom. The van der Waals surface area contributed by atoms with E-state index in [1.54, 1.807) is 28.4 Å². The third kappa shape index (κ3) is 3.07. The summed E-state index contributed by atoms with van der Waals surface area (Å²) in [6.45, 7) is 2.25. The minimum atomic E-state index is 0.224. The number of likely N-dealkylation sites (N-methyl/N-ethyl adjacent to an activating group) is 1. The molecule has 0 saturated heterocycles. The van der Waals surface area contributed by atoms with Gasteiger partial charge in [0.2, 0.25) is 0 Å². The van der Waals surface area contributed by atoms with Crippen LogP contribution >= 0.6 is 11.3 Å². The Labute approximate surface area is 159 Å². The van der Waals surface area contributed by atoms with E-state index < -0.39 is 0 Å². The Morgan fingerprint density at radius 3 is 3.07 bits per heavy atom. The molecule has 0 fully saturated rings. The van der Waals surface area contributed by atoms with Gasteiger partial charge in [-0.15, -0.1) is 16.4 Å². The molecular weight excluding hydrogens is 360 g/mol. The highest BCUT2D eigenvalue weighted by Gasteiger charge is 2.22. The Morgan fingerprint density at radius 2 is 2.19 bits per heavy atom. The lowest BCUT2D eigenvalue weighted by molar-refractivity contribution is 0.126. The molecule has 136 valence electrons. The van der Waals surface area contributed by atoms with Crippen LogP contribution in [0.2, 0.25) is 0 Å². The molecule has 0 amide bonds. The van der Waals surface area contributed by atoms with E-state index in [4.69, 9.17) is 9.82 Å². The lowest BCUT2D eigenvalue weighted by Gasteiger charge is -2.21. The van der Waals surface area contributed by atoms with Crippen molar-refractivity contribution in [2.45, 2.75) is 19.6 Å². The number of hydrogen-bond donors (Lipinski definition) is 0. The summed E-state index contributed by atoms with van der Waals surface area (Å²) >= 11 is 1.76. The van der Waals surface area contributed by atoms with E-state index in [-0.39, 0.29) is 6.61 Å². The van der Waals surface area contributed by atoms with E-state index in [0.717, 1.165) is 40.9 Å². The number of benzene rings is 1. The summed E-state index contributed by atoms with van der Waals surface area (Å²) in [6, 6.07) is 9.82. The monoisotopic (exact) mass is 378 g/mol. The lowest BCUT2D eigenvalue weighted by Crippen LogP contribution is -2.25. The zero-order chi connectivity index (χ0) is 18.2. The second-order valence-corrected chi connectivity index (χ2v) is 7.71. The highest BCUT2D eigenvalue weighted by molar-refractivity contribution is 7.19. The van der Waals surface area contributed by atoms with Gasteiger partial charge in [-0.05, 0) is 24.6 Å². The van der Waals surface area contributed by atoms with Gasteiger partial charge in [0.25, 0.3) is 0 Å². The van der Waals surface area contributed by atoms with Crippen LogP contribution in [0.4, 0.5) is 0 Å². The van der Waals surface area contributed by atoms with Gasteiger partial charge in [-0.1, -0.05) is 35.5 Å². The van der Waals surface area contributed by atoms with E-state index in [1.165, 1.54) is 10.4 Å². The first kappa shape index (κ1) is 16.3. The van der Waals surface area contributed by atoms with Crippen LogP contribution in [0.15, 0.2) is 41.8 Å². The van der Waals surface area contributed by atoms with Crippen LogP contribution in [0.1, 0.15) is 21.8 Å². The van der Waals surface area contributed by atoms with E-state index >= 15 is 0 Å². The predicted octanol–water partition coefficient (Wildman–Crippen LogP) is 2.88. The van der Waals surface area contributed by atoms with Crippen LogP contribution in [0.3, 0.4) is 0 Å². The highest BCUT2D eigenvalue weighted by atomic mass is 32.1. The van der Waals surface area contributed by atoms with Gasteiger partial charge in [0.05, 0.1) is 11.6 Å². The molecule has 3 aromatic heterocycles. The van der Waals surface area contributed by atoms with Gasteiger partial charge in [0.15, 0.2) is 18.1 Å². The van der Waals surface area contributed by atoms with Crippen LogP contribution in [-0.2, 0) is 24.4 Å². The van der Waals surface area contributed by atoms with Crippen LogP contribution in [0, 0.1) is 0 Å². The van der Waals surface area contributed by atoms with Gasteiger partial charge in [0.1, 0.15) is 11.2 Å². The molecule has 8 heteroatoms. The maximum Gasteiger partial charge on any atom is 0.192 e. The Bertz CT molecular complexity index is 1130. The molecule has 5 rings (SSSR count). The molecule has 4 heterocycles. The van der Waals surface area contributed by atoms with E-state index in [1.807, 2.05) is 30.3 Å². The fraction of sp³-hybridized carbons (Fsp3) is 0.263. The van der Waals surface area contributed by atoms with E-state index in [9.17, 15) is 0 Å². The summed E-state index contributed by atoms with van der Waals surface area (Å²) in [5, 5.41) is 9.63. The maximum atomic E-state index is 5.38. The Hall–Kier alpha value is -2.84. The molecule has 1 aliphatic rings. The molecule has 0 unspecified atom stereocenters. The van der Waals surface area contributed by atoms with E-state index in [2.05, 4.69) is 27.2 Å². The van der Waals surface area contributed by atoms with Gasteiger partial charge in [0, 0.05) is 18.0 Å². The van der Waals surface area contributed by atoms with Crippen molar-refractivity contribution in [3.63, 3.8) is 0 Å². The number of hydrogen-bond acceptors (Lipinski definition) is 7. The number of oxime groups is 1. The number of rotatable bonds is 4. The first-order chi connectivity index (χ1) is 13.3. The summed E-state index contributed by atoms with van der Waals surface area (Å²) in [6.07, 6.45) is 4.43. The SMILES string of the molecule is CN1CCc2c(sc3ncn4nc(CO/N=C/c5ccccc5)nc4c23)C1. The molecule has 0 atom stereocenters. The molecule has 7 nitrogen and oxygen atoms in total. The van der Waals surface area contributed by atoms with Crippen molar-refractivity contribution in [2.24, 2.45) is 5.16 Å². The van der Waals surface area contributed by atoms with Crippen molar-refractivity contribution < 1.29 is 4.84 Å². The van der Waals surface area contributed by atoms with Gasteiger partial charge < -0.3 is 9.74 Å². The smallest absolute Gasteiger partial charge is 0.192 e. The second kappa shape index (κ2) is 6.71. The molecule has 4 aromatic rings. The number of fused-ring (bicyclic) bond motifs is 5. The minimum Gasteiger partial charge on any atom is -0.387 e. The quantitative estimate of drug-likeness (QED) is 0.403. The largest absolute Gasteiger partial charge is 0.387 e. The van der Waals surface area contributed by atoms with Crippen molar-refractivity contribution in [1.29, 1.82) is 0 Å². The average Bonchev–Trinajstić information content (AvgIpc) is 3.25. The van der Waals surface area contributed by atoms with Crippen molar-refractivity contribution in [2.75, 3.05) is 13.6 Å². The summed E-state index contributed by atoms with van der Waals surface area (Å²) in [5.74, 6) is 0.599. The fourth-order valence-corrected chi connectivity index (χ4v) is 4.62. The molecule has 0 bridgehead atoms. The van der Waals surface area contributed by atoms with Crippen molar-refractivity contribution in [3.05, 3.63) is 58.5 Å². The molecule has 1 aliphatic heterocycles. The molecule has 27 heavy (non-hydrogen) atoms. The van der Waals surface area contributed by atoms with Crippen LogP contribution in [-0.4, -0.2) is 44.3 Å². The predicted molar refractivity (Wildman–Crippen MR) is 105 cm³/mol. The third-order valence-electron chi connectivity index (χ3n) is 4.68. The average molecular weight is 378 g/mol. The molecule has 1 aromatic carbocycles. The minimum absolute atomic E-state index is 0.224. The van der Waals surface area contributed by atoms with Gasteiger partial charge in [-0.3, -0.25) is 0 Å². The number of nitrogens with zero attached hydrogens (tertiary/aromatic N) is 6. The molecule has 0 radical (unpaired) electrons. The summed E-state index contributed by atoms with van der Waals surface area (Å²) in [4.78, 5) is 19.4. The first-order valence-corrected chi connectivity index (χ1v) is 9.63. The summed E-state index contributed by atoms with van der Waals surface area (Å²) < 4.78 is 1.74. The first-order valence-electron chi connectivity index (χ1n) is 8.81. The van der Waals surface area contributed by atoms with Crippen molar-refractivity contribution in [1.82, 2.24) is 24.5 Å². The number of aromatic nitrogens is 4. The normalized spacial score (nSPS) is 15.0. The van der Waals surface area contributed by atoms with Crippen molar-refractivity contribution in [3.8, 4) is 0 Å². The van der Waals surface area contributed by atoms with Gasteiger partial charge >= 0.3 is 0 Å². The second-order valence-electron chi connectivity index (χ2n) is 6.63. The molecular formula is C19H18N6OS. The highest BCUT2D eigenvalue weighted by Crippen LogP contribution is 2.35. The van der Waals surface area contributed by atoms with Gasteiger partial charge in [-0.2, -0.15) is 0 Å². The van der Waals surface area contributed by atoms with E-state index in [0.29, 0.717) is 5.82 Å². The van der Waals surface area contributed by atoms with Crippen molar-refractivity contribution >= 4 is 33.4 Å². The molecule has 0 aliphatic carbocycles. The molecule has 0 N–H and O–H groups in total. The Balaban J connectivity index is 1.42. The maximum absolute atomic E-state index is 5.38. The Kier molecular flexibility index (Phi) is 4.06. The number of thiophene rings is 1. The molecule has 0 saturated carbocycles. The lowest BCUT2D eigenvalue weighted by atomic mass is 10.1. The topological polar surface area (TPSA) is 67.9 Å². The summed E-state index contributed by atoms with van der Waals surface area (Å²) in [5.41, 5.74) is 3.21. The van der Waals surface area contributed by atoms with Crippen LogP contribution in [0.25, 0.3) is 15.9 Å². The van der Waals surface area contributed by atoms with Gasteiger partial charge in [-0.25, -0.2) is 14.5 Å². The third-order valence-corrected chi connectivity index (χ3v) is 5.81. The molecule has 0 spiro atoms.